The normalized spacial score (nSPS) is 10.6. The van der Waals surface area contributed by atoms with E-state index in [-0.39, 0.29) is 34.8 Å². The lowest BCUT2D eigenvalue weighted by molar-refractivity contribution is 0.381. The van der Waals surface area contributed by atoms with E-state index in [0.717, 1.165) is 0 Å². The Morgan fingerprint density at radius 2 is 0.621 bits per heavy atom. The summed E-state index contributed by atoms with van der Waals surface area (Å²) in [5.41, 5.74) is -3.04. The predicted molar refractivity (Wildman–Crippen MR) is 83.8 cm³/mol. The van der Waals surface area contributed by atoms with Crippen LogP contribution in [0.15, 0.2) is 16.3 Å². The molecule has 0 amide bonds. The first-order valence-corrected chi connectivity index (χ1v) is 8.62. The van der Waals surface area contributed by atoms with Crippen molar-refractivity contribution in [1.82, 2.24) is 0 Å². The molecule has 0 atom stereocenters. The zero-order valence-corrected chi connectivity index (χ0v) is 15.2. The van der Waals surface area contributed by atoms with Gasteiger partial charge in [0.25, 0.3) is 0 Å². The van der Waals surface area contributed by atoms with Crippen LogP contribution in [0.1, 0.15) is 0 Å². The highest BCUT2D eigenvalue weighted by molar-refractivity contribution is 8.02. The first-order chi connectivity index (χ1) is 13.6. The van der Waals surface area contributed by atoms with Crippen molar-refractivity contribution in [2.75, 3.05) is 0 Å². The van der Waals surface area contributed by atoms with Crippen LogP contribution in [0.25, 0.3) is 0 Å². The molecule has 29 heavy (non-hydrogen) atoms. The minimum absolute atomic E-state index is 0.0720. The van der Waals surface area contributed by atoms with Gasteiger partial charge in [-0.25, -0.2) is 43.9 Å². The SMILES string of the molecule is Fc1c(F)c(F)c(N=S=NSN=S=Nc2c(F)c(F)c(F)c(F)c2F)c(F)c1F. The van der Waals surface area contributed by atoms with Gasteiger partial charge in [-0.05, 0) is 0 Å². The van der Waals surface area contributed by atoms with Crippen LogP contribution in [0.5, 0.6) is 0 Å². The Morgan fingerprint density at radius 1 is 0.379 bits per heavy atom. The summed E-state index contributed by atoms with van der Waals surface area (Å²) in [7, 11) is 0. The number of rotatable bonds is 4. The van der Waals surface area contributed by atoms with Gasteiger partial charge in [0, 0.05) is 0 Å². The van der Waals surface area contributed by atoms with Crippen LogP contribution in [-0.2, 0) is 22.7 Å². The molecule has 0 saturated carbocycles. The van der Waals surface area contributed by atoms with Gasteiger partial charge in [0.05, 0.1) is 22.7 Å². The van der Waals surface area contributed by atoms with Crippen LogP contribution in [0, 0.1) is 58.2 Å². The maximum atomic E-state index is 13.3. The molecule has 0 unspecified atom stereocenters. The van der Waals surface area contributed by atoms with Gasteiger partial charge in [0.1, 0.15) is 12.1 Å². The van der Waals surface area contributed by atoms with Crippen molar-refractivity contribution in [2.24, 2.45) is 16.3 Å². The van der Waals surface area contributed by atoms with Crippen LogP contribution in [0.4, 0.5) is 55.3 Å². The van der Waals surface area contributed by atoms with E-state index in [9.17, 15) is 43.9 Å². The lowest BCUT2D eigenvalue weighted by atomic mass is 10.2. The third kappa shape index (κ3) is 4.67. The molecular weight excluding hydrogens is 486 g/mol. The summed E-state index contributed by atoms with van der Waals surface area (Å²) in [6.45, 7) is 0. The average Bonchev–Trinajstić information content (AvgIpc) is 2.71. The summed E-state index contributed by atoms with van der Waals surface area (Å²) in [5.74, 6) is -22.5. The fourth-order valence-corrected chi connectivity index (χ4v) is 2.85. The van der Waals surface area contributed by atoms with E-state index in [4.69, 9.17) is 0 Å². The Morgan fingerprint density at radius 3 is 0.897 bits per heavy atom. The molecule has 4 nitrogen and oxygen atoms in total. The number of benzene rings is 2. The first kappa shape index (κ1) is 23.0. The molecule has 2 aromatic carbocycles. The van der Waals surface area contributed by atoms with E-state index in [2.05, 4.69) is 16.3 Å². The van der Waals surface area contributed by atoms with E-state index in [1.165, 1.54) is 0 Å². The molecule has 0 saturated heterocycles. The van der Waals surface area contributed by atoms with Crippen LogP contribution in [0.3, 0.4) is 0 Å². The van der Waals surface area contributed by atoms with Crippen molar-refractivity contribution in [3.8, 4) is 0 Å². The van der Waals surface area contributed by atoms with Crippen molar-refractivity contribution in [2.45, 2.75) is 0 Å². The maximum absolute atomic E-state index is 13.3. The molecule has 0 aliphatic rings. The Labute approximate surface area is 165 Å². The van der Waals surface area contributed by atoms with E-state index in [0.29, 0.717) is 0 Å². The molecule has 17 heteroatoms. The fourth-order valence-electron chi connectivity index (χ4n) is 1.51. The predicted octanol–water partition coefficient (Wildman–Crippen LogP) is 6.50. The maximum Gasteiger partial charge on any atom is 0.200 e. The van der Waals surface area contributed by atoms with Crippen molar-refractivity contribution >= 4 is 46.2 Å². The van der Waals surface area contributed by atoms with Gasteiger partial charge in [-0.3, -0.25) is 0 Å². The van der Waals surface area contributed by atoms with E-state index < -0.39 is 69.5 Å². The van der Waals surface area contributed by atoms with Crippen LogP contribution >= 0.6 is 12.1 Å². The summed E-state index contributed by atoms with van der Waals surface area (Å²) in [6, 6.07) is 0. The highest BCUT2D eigenvalue weighted by Gasteiger charge is 2.26. The van der Waals surface area contributed by atoms with Crippen molar-refractivity contribution in [1.29, 1.82) is 0 Å². The molecule has 0 N–H and O–H groups in total. The molecule has 0 aromatic heterocycles. The Bertz CT molecular complexity index is 980. The van der Waals surface area contributed by atoms with Crippen LogP contribution in [-0.4, -0.2) is 0 Å². The molecular formula is C12F10N4S3. The minimum Gasteiger partial charge on any atom is -0.201 e. The van der Waals surface area contributed by atoms with Crippen LogP contribution < -0.4 is 0 Å². The topological polar surface area (TPSA) is 49.4 Å². The summed E-state index contributed by atoms with van der Waals surface area (Å²) >= 11 is -0.0302. The molecule has 0 aliphatic heterocycles. The fraction of sp³-hybridized carbons (Fsp3) is 0. The highest BCUT2D eigenvalue weighted by atomic mass is 32.2. The van der Waals surface area contributed by atoms with Gasteiger partial charge in [0.15, 0.2) is 57.9 Å². The third-order valence-electron chi connectivity index (χ3n) is 2.77. The van der Waals surface area contributed by atoms with E-state index in [1.807, 2.05) is 0 Å². The van der Waals surface area contributed by atoms with Crippen molar-refractivity contribution in [3.05, 3.63) is 58.2 Å². The Kier molecular flexibility index (Phi) is 7.53. The highest BCUT2D eigenvalue weighted by Crippen LogP contribution is 2.30. The summed E-state index contributed by atoms with van der Waals surface area (Å²) in [5, 5.41) is 0. The van der Waals surface area contributed by atoms with Crippen molar-refractivity contribution < 1.29 is 43.9 Å². The molecule has 2 aromatic rings. The van der Waals surface area contributed by atoms with Gasteiger partial charge in [-0.1, -0.05) is 0 Å². The van der Waals surface area contributed by atoms with Crippen molar-refractivity contribution in [3.63, 3.8) is 0 Å². The second-order valence-corrected chi connectivity index (χ2v) is 6.46. The lowest BCUT2D eigenvalue weighted by Gasteiger charge is -2.01. The van der Waals surface area contributed by atoms with Gasteiger partial charge >= 0.3 is 0 Å². The summed E-state index contributed by atoms with van der Waals surface area (Å²) < 4.78 is 143. The Balaban J connectivity index is 2.24. The second-order valence-electron chi connectivity index (χ2n) is 4.41. The summed E-state index contributed by atoms with van der Waals surface area (Å²) in [6.07, 6.45) is 0. The van der Waals surface area contributed by atoms with Gasteiger partial charge in [0.2, 0.25) is 11.6 Å². The smallest absolute Gasteiger partial charge is 0.200 e. The second kappa shape index (κ2) is 9.49. The standard InChI is InChI=1S/C12F10N4S3/c13-1-3(15)7(19)11(8(20)4(1)16)23-27-25-29-26-28-24-12-9(21)5(17)2(14)6(18)10(12)22. The van der Waals surface area contributed by atoms with E-state index >= 15 is 0 Å². The number of hydrogen-bond acceptors (Lipinski definition) is 5. The minimum atomic E-state index is -2.38. The van der Waals surface area contributed by atoms with E-state index in [1.54, 1.807) is 0 Å². The zero-order valence-electron chi connectivity index (χ0n) is 12.8. The number of halogens is 10. The molecule has 0 fully saturated rings. The van der Waals surface area contributed by atoms with Gasteiger partial charge in [-0.2, -0.15) is 8.73 Å². The largest absolute Gasteiger partial charge is 0.201 e. The average molecular weight is 486 g/mol. The number of nitrogens with zero attached hydrogens (tertiary/aromatic N) is 4. The first-order valence-electron chi connectivity index (χ1n) is 6.43. The summed E-state index contributed by atoms with van der Waals surface area (Å²) in [4.78, 5) is 0. The molecule has 0 bridgehead atoms. The molecule has 0 heterocycles. The van der Waals surface area contributed by atoms with Gasteiger partial charge < -0.3 is 0 Å². The van der Waals surface area contributed by atoms with Crippen LogP contribution in [0.2, 0.25) is 0 Å². The van der Waals surface area contributed by atoms with Gasteiger partial charge in [-0.15, -0.1) is 7.54 Å². The molecule has 156 valence electrons. The molecule has 0 spiro atoms. The molecule has 2 rings (SSSR count). The number of hydrogen-bond donors (Lipinski definition) is 0. The Hall–Kier alpha value is -2.27. The zero-order chi connectivity index (χ0) is 21.9. The third-order valence-corrected chi connectivity index (χ3v) is 4.37. The quantitative estimate of drug-likeness (QED) is 0.211. The molecule has 0 aliphatic carbocycles. The molecule has 0 radical (unpaired) electrons. The monoisotopic (exact) mass is 486 g/mol. The lowest BCUT2D eigenvalue weighted by Crippen LogP contribution is -2.00.